The molecule has 5 aromatic heterocycles. The van der Waals surface area contributed by atoms with Gasteiger partial charge >= 0.3 is 0 Å². The van der Waals surface area contributed by atoms with E-state index in [2.05, 4.69) is 54.8 Å². The van der Waals surface area contributed by atoms with Crippen molar-refractivity contribution in [2.45, 2.75) is 6.92 Å². The van der Waals surface area contributed by atoms with Gasteiger partial charge in [-0.3, -0.25) is 15.0 Å². The fraction of sp³-hybridized carbons (Fsp3) is 0.0500. The number of rotatable bonds is 0. The summed E-state index contributed by atoms with van der Waals surface area (Å²) in [4.78, 5) is 40.4. The number of pyridine rings is 1. The molecule has 0 spiro atoms. The summed E-state index contributed by atoms with van der Waals surface area (Å²) >= 11 is 0. The van der Waals surface area contributed by atoms with Crippen molar-refractivity contribution >= 4 is 0 Å². The minimum atomic E-state index is 0.759. The molecule has 31 heavy (non-hydrogen) atoms. The van der Waals surface area contributed by atoms with Crippen LogP contribution in [0.2, 0.25) is 0 Å². The summed E-state index contributed by atoms with van der Waals surface area (Å²) in [6, 6.07) is 7.49. The average molecular weight is 415 g/mol. The number of hydrogen-bond acceptors (Lipinski definition) is 11. The Morgan fingerprint density at radius 1 is 0.355 bits per heavy atom. The van der Waals surface area contributed by atoms with Gasteiger partial charge in [-0.25, -0.2) is 39.9 Å². The molecule has 0 amide bonds. The smallest absolute Gasteiger partial charge is 0.128 e. The Morgan fingerprint density at radius 2 is 0.742 bits per heavy atom. The first-order chi connectivity index (χ1) is 15.4. The molecule has 0 aliphatic carbocycles. The van der Waals surface area contributed by atoms with Gasteiger partial charge in [0, 0.05) is 49.6 Å². The molecule has 0 atom stereocenters. The van der Waals surface area contributed by atoms with Gasteiger partial charge in [0.15, 0.2) is 0 Å². The van der Waals surface area contributed by atoms with Gasteiger partial charge in [0.25, 0.3) is 0 Å². The van der Waals surface area contributed by atoms with Crippen LogP contribution in [0.25, 0.3) is 0 Å². The average Bonchev–Trinajstić information content (AvgIpc) is 2.90. The van der Waals surface area contributed by atoms with E-state index in [0.29, 0.717) is 0 Å². The molecule has 0 aliphatic rings. The number of aromatic nitrogens is 11. The Bertz CT molecular complexity index is 700. The van der Waals surface area contributed by atoms with Crippen molar-refractivity contribution in [2.75, 3.05) is 0 Å². The van der Waals surface area contributed by atoms with Crippen molar-refractivity contribution in [2.24, 2.45) is 0 Å². The van der Waals surface area contributed by atoms with Crippen molar-refractivity contribution in [3.8, 4) is 0 Å². The van der Waals surface area contributed by atoms with E-state index in [-0.39, 0.29) is 0 Å². The van der Waals surface area contributed by atoms with E-state index in [1.165, 1.54) is 38.0 Å². The molecule has 11 heteroatoms. The predicted octanol–water partition coefficient (Wildman–Crippen LogP) is 2.09. The first-order valence-electron chi connectivity index (χ1n) is 8.78. The van der Waals surface area contributed by atoms with Crippen molar-refractivity contribution in [3.63, 3.8) is 0 Å². The third-order valence-corrected chi connectivity index (χ3v) is 2.54. The van der Waals surface area contributed by atoms with Crippen LogP contribution in [0.5, 0.6) is 0 Å². The molecule has 0 N–H and O–H groups in total. The van der Waals surface area contributed by atoms with Gasteiger partial charge < -0.3 is 0 Å². The van der Waals surface area contributed by atoms with Crippen LogP contribution >= 0.6 is 0 Å². The quantitative estimate of drug-likeness (QED) is 0.367. The zero-order valence-corrected chi connectivity index (χ0v) is 16.8. The van der Waals surface area contributed by atoms with Crippen LogP contribution in [0.4, 0.5) is 0 Å². The molecule has 0 aliphatic heterocycles. The van der Waals surface area contributed by atoms with E-state index in [9.17, 15) is 0 Å². The van der Waals surface area contributed by atoms with Gasteiger partial charge in [-0.1, -0.05) is 6.07 Å². The van der Waals surface area contributed by atoms with Gasteiger partial charge in [0.2, 0.25) is 0 Å². The molecule has 0 unspecified atom stereocenters. The molecule has 0 fully saturated rings. The van der Waals surface area contributed by atoms with E-state index < -0.39 is 0 Å². The second kappa shape index (κ2) is 20.1. The number of nitrogens with zero attached hydrogens (tertiary/aromatic N) is 11. The Hall–Kier alpha value is -4.67. The van der Waals surface area contributed by atoms with E-state index in [1.807, 2.05) is 25.1 Å². The molecule has 0 bridgehead atoms. The maximum absolute atomic E-state index is 3.78. The normalized spacial score (nSPS) is 8.16. The van der Waals surface area contributed by atoms with Crippen LogP contribution in [-0.2, 0) is 0 Å². The Labute approximate surface area is 179 Å². The maximum atomic E-state index is 3.78. The van der Waals surface area contributed by atoms with Crippen molar-refractivity contribution in [3.05, 3.63) is 118 Å². The summed E-state index contributed by atoms with van der Waals surface area (Å²) in [5, 5.41) is 0. The summed E-state index contributed by atoms with van der Waals surface area (Å²) in [6.45, 7) is 1.82. The highest BCUT2D eigenvalue weighted by Crippen LogP contribution is 1.74. The minimum absolute atomic E-state index is 0.759. The van der Waals surface area contributed by atoms with Crippen LogP contribution in [0.15, 0.2) is 112 Å². The Morgan fingerprint density at radius 3 is 0.935 bits per heavy atom. The summed E-state index contributed by atoms with van der Waals surface area (Å²) in [6.07, 6.45) is 22.2. The lowest BCUT2D eigenvalue weighted by atomic mass is 10.5. The second-order valence-electron chi connectivity index (χ2n) is 4.80. The molecule has 156 valence electrons. The van der Waals surface area contributed by atoms with Crippen LogP contribution < -0.4 is 0 Å². The summed E-state index contributed by atoms with van der Waals surface area (Å²) in [5.41, 5.74) is 0. The molecule has 11 nitrogen and oxygen atoms in total. The molecule has 0 saturated carbocycles. The van der Waals surface area contributed by atoms with Gasteiger partial charge in [0.1, 0.15) is 43.8 Å². The first-order valence-corrected chi connectivity index (χ1v) is 8.78. The fourth-order valence-corrected chi connectivity index (χ4v) is 1.32. The highest BCUT2D eigenvalue weighted by atomic mass is 15.0. The lowest BCUT2D eigenvalue weighted by Gasteiger charge is -1.80. The zero-order chi connectivity index (χ0) is 22.1. The second-order valence-corrected chi connectivity index (χ2v) is 4.80. The lowest BCUT2D eigenvalue weighted by Crippen LogP contribution is -1.84. The van der Waals surface area contributed by atoms with Gasteiger partial charge in [-0.05, 0) is 25.1 Å². The van der Waals surface area contributed by atoms with Gasteiger partial charge in [-0.2, -0.15) is 0 Å². The third kappa shape index (κ3) is 18.5. The summed E-state index contributed by atoms with van der Waals surface area (Å²) in [7, 11) is 0. The van der Waals surface area contributed by atoms with E-state index in [1.54, 1.807) is 55.6 Å². The van der Waals surface area contributed by atoms with Crippen LogP contribution in [0.3, 0.4) is 0 Å². The molecular weight excluding hydrogens is 394 g/mol. The molecular formula is C20H21N11. The zero-order valence-electron chi connectivity index (χ0n) is 16.8. The molecule has 5 aromatic rings. The van der Waals surface area contributed by atoms with E-state index in [0.717, 1.165) is 5.82 Å². The third-order valence-electron chi connectivity index (χ3n) is 2.54. The highest BCUT2D eigenvalue weighted by Gasteiger charge is 1.75. The van der Waals surface area contributed by atoms with Gasteiger partial charge in [0.05, 0.1) is 0 Å². The van der Waals surface area contributed by atoms with Crippen LogP contribution in [0, 0.1) is 6.92 Å². The number of aryl methyl sites for hydroxylation is 1. The lowest BCUT2D eigenvalue weighted by molar-refractivity contribution is 0.974. The van der Waals surface area contributed by atoms with Crippen LogP contribution in [0.1, 0.15) is 5.82 Å². The molecule has 0 radical (unpaired) electrons. The largest absolute Gasteiger partial charge is 0.265 e. The van der Waals surface area contributed by atoms with Crippen molar-refractivity contribution < 1.29 is 0 Å². The summed E-state index contributed by atoms with van der Waals surface area (Å²) in [5.74, 6) is 0.759. The molecule has 5 heterocycles. The van der Waals surface area contributed by atoms with Crippen molar-refractivity contribution in [1.29, 1.82) is 0 Å². The van der Waals surface area contributed by atoms with Crippen LogP contribution in [-0.4, -0.2) is 54.8 Å². The topological polar surface area (TPSA) is 142 Å². The molecule has 0 aromatic carbocycles. The minimum Gasteiger partial charge on any atom is -0.265 e. The standard InChI is InChI=1S/C5H5N.C4H5N3.2C4H4N2.C3H3N3/c1-2-4-6-5-3-1;1-4-6-2-5-3-7-4;1-2-6-4-3-5-1;1-2-5-4-6-3-1;1-4-2-6-3-5-1/h1-5H;2-3H,1H3;2*1-4H;1-3H. The SMILES string of the molecule is Cc1ncncn1.c1ccncc1.c1cnccn1.c1cncnc1.c1ncncn1. The molecule has 0 saturated heterocycles. The van der Waals surface area contributed by atoms with E-state index in [4.69, 9.17) is 0 Å². The fourth-order valence-electron chi connectivity index (χ4n) is 1.32. The summed E-state index contributed by atoms with van der Waals surface area (Å²) < 4.78 is 0. The van der Waals surface area contributed by atoms with Crippen molar-refractivity contribution in [1.82, 2.24) is 54.8 Å². The van der Waals surface area contributed by atoms with Gasteiger partial charge in [-0.15, -0.1) is 0 Å². The first kappa shape index (κ1) is 24.4. The predicted molar refractivity (Wildman–Crippen MR) is 113 cm³/mol. The van der Waals surface area contributed by atoms with E-state index >= 15 is 0 Å². The maximum Gasteiger partial charge on any atom is 0.128 e. The Balaban J connectivity index is 0.000000194. The molecule has 5 rings (SSSR count). The highest BCUT2D eigenvalue weighted by molar-refractivity contribution is 4.88. The monoisotopic (exact) mass is 415 g/mol. The number of hydrogen-bond donors (Lipinski definition) is 0. The Kier molecular flexibility index (Phi) is 15.8.